The summed E-state index contributed by atoms with van der Waals surface area (Å²) in [7, 11) is 10.5. The fourth-order valence-electron chi connectivity index (χ4n) is 3.04. The number of ether oxygens (including phenoxy) is 2. The van der Waals surface area contributed by atoms with Crippen LogP contribution in [0.25, 0.3) is 5.32 Å². The molecule has 8 amide bonds. The van der Waals surface area contributed by atoms with Gasteiger partial charge >= 0.3 is 24.2 Å². The number of aromatic nitrogens is 3. The van der Waals surface area contributed by atoms with Crippen molar-refractivity contribution in [2.24, 2.45) is 7.05 Å². The first-order valence-corrected chi connectivity index (χ1v) is 13.1. The molecular weight excluding hydrogens is 821 g/mol. The van der Waals surface area contributed by atoms with Crippen LogP contribution in [-0.4, -0.2) is 163 Å². The first-order chi connectivity index (χ1) is 19.8. The second-order valence-corrected chi connectivity index (χ2v) is 9.40. The number of hydrogen-bond acceptors (Lipinski definition) is 9. The Morgan fingerprint density at radius 3 is 1.67 bits per heavy atom. The molecule has 1 atom stereocenters. The van der Waals surface area contributed by atoms with E-state index in [2.05, 4.69) is 41.8 Å². The third-order valence-corrected chi connectivity index (χ3v) is 5.64. The maximum atomic E-state index is 10.6. The first-order valence-electron chi connectivity index (χ1n) is 13.1. The molecule has 5 fully saturated rings. The van der Waals surface area contributed by atoms with Gasteiger partial charge < -0.3 is 61.2 Å². The molecule has 45 heavy (non-hydrogen) atoms. The number of rotatable bonds is 0. The SMILES string of the molecule is CC1CN(C)C(=O)N1.CN1CCNC1=O.CN1CCOC1=O.CN1CC[N-]C1=O.CN1C[CH-]OC1=O.Cn1n[c-]cn1.[Y].[Y].[Y]. The third-order valence-electron chi connectivity index (χ3n) is 5.64. The minimum atomic E-state index is -0.264. The van der Waals surface area contributed by atoms with Gasteiger partial charge in [0.2, 0.25) is 0 Å². The van der Waals surface area contributed by atoms with E-state index in [9.17, 15) is 24.0 Å². The summed E-state index contributed by atoms with van der Waals surface area (Å²) in [6.07, 6.45) is 3.57. The van der Waals surface area contributed by atoms with Gasteiger partial charge in [-0.2, -0.15) is 0 Å². The zero-order valence-electron chi connectivity index (χ0n) is 27.0. The fraction of sp³-hybridized carbons (Fsp3) is 0.667. The average Bonchev–Trinajstić information content (AvgIpc) is 3.80. The summed E-state index contributed by atoms with van der Waals surface area (Å²) in [5, 5.41) is 16.3. The molecule has 0 aromatic carbocycles. The molecule has 18 nitrogen and oxygen atoms in total. The number of carbonyl (C=O) groups is 5. The van der Waals surface area contributed by atoms with E-state index < -0.39 is 0 Å². The van der Waals surface area contributed by atoms with Crippen LogP contribution >= 0.6 is 0 Å². The molecule has 247 valence electrons. The maximum Gasteiger partial charge on any atom is 0.409 e. The third kappa shape index (κ3) is 21.3. The van der Waals surface area contributed by atoms with Crippen LogP contribution < -0.4 is 10.6 Å². The van der Waals surface area contributed by atoms with Crippen molar-refractivity contribution in [2.45, 2.75) is 13.0 Å². The van der Waals surface area contributed by atoms with Crippen molar-refractivity contribution < 1.29 is 132 Å². The van der Waals surface area contributed by atoms with E-state index in [4.69, 9.17) is 0 Å². The van der Waals surface area contributed by atoms with Crippen molar-refractivity contribution in [3.8, 4) is 0 Å². The Bertz CT molecular complexity index is 915. The molecule has 0 bridgehead atoms. The van der Waals surface area contributed by atoms with Gasteiger partial charge in [0.25, 0.3) is 0 Å². The number of likely N-dealkylation sites (N-methyl/N-ethyl adjacent to an activating group) is 5. The summed E-state index contributed by atoms with van der Waals surface area (Å²) in [5.41, 5.74) is 0. The quantitative estimate of drug-likeness (QED) is 0.339. The summed E-state index contributed by atoms with van der Waals surface area (Å²) in [5.74, 6) is 0. The van der Waals surface area contributed by atoms with Crippen LogP contribution in [0.5, 0.6) is 0 Å². The van der Waals surface area contributed by atoms with Gasteiger partial charge in [-0.3, -0.25) is 4.79 Å². The van der Waals surface area contributed by atoms with E-state index in [0.717, 1.165) is 32.7 Å². The maximum absolute atomic E-state index is 10.6. The van der Waals surface area contributed by atoms with Gasteiger partial charge in [0.05, 0.1) is 6.54 Å². The minimum Gasteiger partial charge on any atom is -0.619 e. The Labute approximate surface area is 340 Å². The van der Waals surface area contributed by atoms with Crippen molar-refractivity contribution in [3.63, 3.8) is 0 Å². The van der Waals surface area contributed by atoms with Crippen LogP contribution in [0.2, 0.25) is 0 Å². The van der Waals surface area contributed by atoms with Crippen LogP contribution in [0.15, 0.2) is 6.20 Å². The van der Waals surface area contributed by atoms with E-state index in [1.165, 1.54) is 22.5 Å². The largest absolute Gasteiger partial charge is 0.619 e. The molecule has 2 N–H and O–H groups in total. The van der Waals surface area contributed by atoms with Gasteiger partial charge in [-0.25, -0.2) is 29.1 Å². The number of cyclic esters (lactones) is 2. The molecule has 5 aliphatic rings. The van der Waals surface area contributed by atoms with Crippen molar-refractivity contribution in [1.82, 2.24) is 50.1 Å². The van der Waals surface area contributed by atoms with Crippen molar-refractivity contribution in [3.05, 3.63) is 24.3 Å². The zero-order valence-corrected chi connectivity index (χ0v) is 35.5. The predicted octanol–water partition coefficient (Wildman–Crippen LogP) is 0.00318. The summed E-state index contributed by atoms with van der Waals surface area (Å²) >= 11 is 0. The average molecular weight is 863 g/mol. The van der Waals surface area contributed by atoms with Crippen LogP contribution in [0.3, 0.4) is 0 Å². The van der Waals surface area contributed by atoms with Crippen LogP contribution in [-0.2, 0) is 115 Å². The molecule has 1 aromatic rings. The zero-order chi connectivity index (χ0) is 31.7. The Kier molecular flexibility index (Phi) is 28.7. The van der Waals surface area contributed by atoms with E-state index in [1.807, 2.05) is 6.92 Å². The summed E-state index contributed by atoms with van der Waals surface area (Å²) in [6.45, 7) is 9.30. The minimum absolute atomic E-state index is 0. The molecule has 1 unspecified atom stereocenters. The molecule has 1 aromatic heterocycles. The van der Waals surface area contributed by atoms with Crippen molar-refractivity contribution >= 4 is 30.3 Å². The van der Waals surface area contributed by atoms with Gasteiger partial charge in [0.1, 0.15) is 6.61 Å². The molecule has 5 saturated heterocycles. The van der Waals surface area contributed by atoms with Crippen LogP contribution in [0.1, 0.15) is 6.92 Å². The van der Waals surface area contributed by atoms with E-state index in [0.29, 0.717) is 25.7 Å². The fourth-order valence-corrected chi connectivity index (χ4v) is 3.04. The van der Waals surface area contributed by atoms with E-state index >= 15 is 0 Å². The predicted molar refractivity (Wildman–Crippen MR) is 150 cm³/mol. The number of carbonyl (C=O) groups excluding carboxylic acids is 5. The number of aryl methyl sites for hydroxylation is 1. The standard InChI is InChI=1S/C5H10N2O.2C4H8N2O.C4H7NO2.C4H6NO2.C3H4N3.3Y/c1-4-3-7(2)5(8)6-4;2*1-6-3-2-5-4(6)7;2*1-5-2-3-7-4(5)6;1-6-4-2-3-5-6;;;/h4H,3H2,1-2H3,(H,6,8);2*2-3H2,1H3,(H,5,7);2-3H2,1H3;3H,2H2,1H3;2H,1H3;;;/q;;;;2*-1;;;/p-1. The molecule has 5 aliphatic heterocycles. The van der Waals surface area contributed by atoms with E-state index in [-0.39, 0.29) is 128 Å². The molecule has 0 spiro atoms. The number of nitrogens with zero attached hydrogens (tertiary/aromatic N) is 9. The Morgan fingerprint density at radius 1 is 0.867 bits per heavy atom. The van der Waals surface area contributed by atoms with Gasteiger partial charge in [0, 0.05) is 159 Å². The molecule has 0 saturated carbocycles. The Balaban J connectivity index is -0.000000465. The molecule has 21 heteroatoms. The van der Waals surface area contributed by atoms with Crippen molar-refractivity contribution in [1.29, 1.82) is 0 Å². The second kappa shape index (κ2) is 26.8. The molecule has 6 rings (SSSR count). The summed E-state index contributed by atoms with van der Waals surface area (Å²) in [6, 6.07) is 0.324. The number of amides is 8. The Morgan fingerprint density at radius 2 is 1.53 bits per heavy atom. The molecular formula is C24H42N11O7Y3-3. The Hall–Kier alpha value is -1.20. The number of urea groups is 3. The molecule has 6 heterocycles. The number of hydrogen-bond donors (Lipinski definition) is 2. The summed E-state index contributed by atoms with van der Waals surface area (Å²) < 4.78 is 8.98. The monoisotopic (exact) mass is 863 g/mol. The van der Waals surface area contributed by atoms with Crippen molar-refractivity contribution in [2.75, 3.05) is 87.7 Å². The topological polar surface area (TPSA) is 189 Å². The normalized spacial score (nSPS) is 18.8. The summed E-state index contributed by atoms with van der Waals surface area (Å²) in [4.78, 5) is 61.2. The molecule has 0 aliphatic carbocycles. The van der Waals surface area contributed by atoms with E-state index in [1.54, 1.807) is 61.9 Å². The smallest absolute Gasteiger partial charge is 0.409 e. The van der Waals surface area contributed by atoms with Gasteiger partial charge in [-0.1, -0.05) is 13.6 Å². The van der Waals surface area contributed by atoms with Gasteiger partial charge in [0.15, 0.2) is 6.03 Å². The van der Waals surface area contributed by atoms with Gasteiger partial charge in [-0.15, -0.1) is 12.8 Å². The second-order valence-electron chi connectivity index (χ2n) is 9.40. The van der Waals surface area contributed by atoms with Crippen LogP contribution in [0, 0.1) is 12.8 Å². The molecule has 3 radical (unpaired) electrons. The number of nitrogens with one attached hydrogen (secondary N) is 2. The van der Waals surface area contributed by atoms with Gasteiger partial charge in [-0.05, 0) is 20.0 Å². The van der Waals surface area contributed by atoms with Crippen LogP contribution in [0.4, 0.5) is 24.0 Å². The first kappa shape index (κ1) is 48.2.